The molecule has 3 aromatic carbocycles. The average Bonchev–Trinajstić information content (AvgIpc) is 2.91. The number of sulfonamides is 1. The van der Waals surface area contributed by atoms with Gasteiger partial charge in [-0.1, -0.05) is 18.2 Å². The minimum Gasteiger partial charge on any atom is -0.506 e. The van der Waals surface area contributed by atoms with Gasteiger partial charge < -0.3 is 29.7 Å². The molecule has 0 heterocycles. The second-order valence-corrected chi connectivity index (χ2v) is 10.7. The van der Waals surface area contributed by atoms with E-state index < -0.39 is 27.6 Å². The van der Waals surface area contributed by atoms with Crippen LogP contribution < -0.4 is 29.6 Å². The van der Waals surface area contributed by atoms with Crippen LogP contribution in [-0.4, -0.2) is 58.7 Å². The zero-order valence-corrected chi connectivity index (χ0v) is 23.1. The maximum Gasteiger partial charge on any atom is 0.249 e. The van der Waals surface area contributed by atoms with Crippen LogP contribution in [0.15, 0.2) is 60.7 Å². The predicted octanol–water partition coefficient (Wildman–Crippen LogP) is 2.97. The number of methoxy groups -OCH3 is 3. The monoisotopic (exact) mass is 559 g/mol. The predicted molar refractivity (Wildman–Crippen MR) is 148 cm³/mol. The van der Waals surface area contributed by atoms with Crippen molar-refractivity contribution in [3.05, 3.63) is 71.8 Å². The molecule has 2 atom stereocenters. The number of hydrogen-bond acceptors (Lipinski definition) is 9. The molecular formula is C27H33N3O8S. The van der Waals surface area contributed by atoms with Gasteiger partial charge >= 0.3 is 0 Å². The van der Waals surface area contributed by atoms with Crippen molar-refractivity contribution in [2.45, 2.75) is 18.6 Å². The van der Waals surface area contributed by atoms with Crippen molar-refractivity contribution in [1.82, 2.24) is 5.32 Å². The fourth-order valence-corrected chi connectivity index (χ4v) is 4.43. The van der Waals surface area contributed by atoms with E-state index in [4.69, 9.17) is 14.2 Å². The standard InChI is InChI=1S/C27H33N3O8S/c1-27(18-7-10-20(36-2)11-8-18,26(33)29-19-9-13-24(37-3)25(15-19)38-4)28-16-23(32)17-6-12-22(31)21(14-17)30-39(5,34)35/h6-15,23,28,30-32H,16H2,1-5H3,(H,29,33)/t23-,27-/m0/s1. The number of ether oxygens (including phenoxy) is 3. The van der Waals surface area contributed by atoms with Gasteiger partial charge in [0.25, 0.3) is 0 Å². The number of nitrogens with one attached hydrogen (secondary N) is 3. The molecule has 0 bridgehead atoms. The smallest absolute Gasteiger partial charge is 0.249 e. The van der Waals surface area contributed by atoms with E-state index in [1.165, 1.54) is 39.5 Å². The lowest BCUT2D eigenvalue weighted by molar-refractivity contribution is -0.122. The molecule has 12 heteroatoms. The van der Waals surface area contributed by atoms with Crippen molar-refractivity contribution in [2.24, 2.45) is 0 Å². The lowest BCUT2D eigenvalue weighted by atomic mass is 9.90. The van der Waals surface area contributed by atoms with Gasteiger partial charge in [-0.25, -0.2) is 8.42 Å². The molecular weight excluding hydrogens is 526 g/mol. The molecule has 1 amide bonds. The Bertz CT molecular complexity index is 1410. The number of aromatic hydroxyl groups is 1. The van der Waals surface area contributed by atoms with E-state index in [1.54, 1.807) is 49.4 Å². The summed E-state index contributed by atoms with van der Waals surface area (Å²) in [5.74, 6) is 0.847. The summed E-state index contributed by atoms with van der Waals surface area (Å²) in [5.41, 5.74) is -0.0130. The number of rotatable bonds is 12. The summed E-state index contributed by atoms with van der Waals surface area (Å²) in [6, 6.07) is 16.0. The molecule has 0 radical (unpaired) electrons. The first-order valence-corrected chi connectivity index (χ1v) is 13.7. The zero-order valence-electron chi connectivity index (χ0n) is 22.3. The Kier molecular flexibility index (Phi) is 9.28. The molecule has 5 N–H and O–H groups in total. The van der Waals surface area contributed by atoms with Gasteiger partial charge in [0.05, 0.1) is 39.4 Å². The van der Waals surface area contributed by atoms with Crippen molar-refractivity contribution in [2.75, 3.05) is 44.2 Å². The highest BCUT2D eigenvalue weighted by Gasteiger charge is 2.36. The van der Waals surface area contributed by atoms with Gasteiger partial charge in [0.1, 0.15) is 17.0 Å². The molecule has 0 fully saturated rings. The highest BCUT2D eigenvalue weighted by molar-refractivity contribution is 7.92. The van der Waals surface area contributed by atoms with Crippen LogP contribution in [0.4, 0.5) is 11.4 Å². The van der Waals surface area contributed by atoms with E-state index in [9.17, 15) is 23.4 Å². The van der Waals surface area contributed by atoms with E-state index in [0.29, 0.717) is 34.1 Å². The lowest BCUT2D eigenvalue weighted by Crippen LogP contribution is -2.50. The van der Waals surface area contributed by atoms with E-state index in [-0.39, 0.29) is 18.0 Å². The molecule has 3 rings (SSSR count). The van der Waals surface area contributed by atoms with Gasteiger partial charge in [0.15, 0.2) is 11.5 Å². The fraction of sp³-hybridized carbons (Fsp3) is 0.296. The summed E-state index contributed by atoms with van der Waals surface area (Å²) in [4.78, 5) is 13.7. The van der Waals surface area contributed by atoms with Gasteiger partial charge in [0.2, 0.25) is 15.9 Å². The number of carbonyl (C=O) groups is 1. The Morgan fingerprint density at radius 2 is 1.62 bits per heavy atom. The van der Waals surface area contributed by atoms with Crippen LogP contribution in [0.1, 0.15) is 24.2 Å². The molecule has 0 spiro atoms. The minimum atomic E-state index is -3.66. The molecule has 3 aromatic rings. The van der Waals surface area contributed by atoms with Gasteiger partial charge in [-0.3, -0.25) is 14.8 Å². The van der Waals surface area contributed by atoms with Crippen molar-refractivity contribution in [1.29, 1.82) is 0 Å². The Balaban J connectivity index is 1.89. The summed E-state index contributed by atoms with van der Waals surface area (Å²) in [6.07, 6.45) is -0.203. The second-order valence-electron chi connectivity index (χ2n) is 8.92. The number of benzene rings is 3. The number of hydrogen-bond donors (Lipinski definition) is 5. The largest absolute Gasteiger partial charge is 0.506 e. The third-order valence-corrected chi connectivity index (χ3v) is 6.70. The van der Waals surface area contributed by atoms with Gasteiger partial charge in [-0.2, -0.15) is 0 Å². The van der Waals surface area contributed by atoms with Crippen molar-refractivity contribution in [3.63, 3.8) is 0 Å². The number of anilines is 2. The summed E-state index contributed by atoms with van der Waals surface area (Å²) in [5, 5.41) is 27.0. The highest BCUT2D eigenvalue weighted by atomic mass is 32.2. The molecule has 0 aliphatic carbocycles. The van der Waals surface area contributed by atoms with E-state index in [2.05, 4.69) is 15.4 Å². The number of carbonyl (C=O) groups excluding carboxylic acids is 1. The number of amides is 1. The Morgan fingerprint density at radius 3 is 2.21 bits per heavy atom. The normalized spacial score (nSPS) is 13.6. The van der Waals surface area contributed by atoms with Crippen LogP contribution in [-0.2, 0) is 20.4 Å². The third-order valence-electron chi connectivity index (χ3n) is 6.11. The lowest BCUT2D eigenvalue weighted by Gasteiger charge is -2.31. The highest BCUT2D eigenvalue weighted by Crippen LogP contribution is 2.32. The molecule has 0 aliphatic rings. The summed E-state index contributed by atoms with van der Waals surface area (Å²) in [6.45, 7) is 1.58. The van der Waals surface area contributed by atoms with Crippen LogP contribution in [0.5, 0.6) is 23.0 Å². The Morgan fingerprint density at radius 1 is 0.949 bits per heavy atom. The number of phenolic OH excluding ortho intramolecular Hbond substituents is 1. The first-order valence-electron chi connectivity index (χ1n) is 11.8. The topological polar surface area (TPSA) is 155 Å². The fourth-order valence-electron chi connectivity index (χ4n) is 3.87. The molecule has 0 saturated carbocycles. The maximum atomic E-state index is 13.7. The van der Waals surface area contributed by atoms with Crippen LogP contribution >= 0.6 is 0 Å². The maximum absolute atomic E-state index is 13.7. The number of phenols is 1. The minimum absolute atomic E-state index is 0.0711. The zero-order chi connectivity index (χ0) is 28.8. The summed E-state index contributed by atoms with van der Waals surface area (Å²) < 4.78 is 41.3. The molecule has 0 aliphatic heterocycles. The molecule has 210 valence electrons. The van der Waals surface area contributed by atoms with E-state index in [1.807, 2.05) is 0 Å². The van der Waals surface area contributed by atoms with E-state index >= 15 is 0 Å². The molecule has 0 unspecified atom stereocenters. The van der Waals surface area contributed by atoms with Gasteiger partial charge in [-0.15, -0.1) is 0 Å². The number of aliphatic hydroxyl groups excluding tert-OH is 1. The Labute approximate surface area is 227 Å². The van der Waals surface area contributed by atoms with Gasteiger partial charge in [0, 0.05) is 18.3 Å². The van der Waals surface area contributed by atoms with Gasteiger partial charge in [-0.05, 0) is 54.4 Å². The van der Waals surface area contributed by atoms with Crippen LogP contribution in [0, 0.1) is 0 Å². The van der Waals surface area contributed by atoms with Crippen LogP contribution in [0.2, 0.25) is 0 Å². The summed E-state index contributed by atoms with van der Waals surface area (Å²) >= 11 is 0. The third kappa shape index (κ3) is 7.31. The molecule has 0 saturated heterocycles. The van der Waals surface area contributed by atoms with Crippen LogP contribution in [0.3, 0.4) is 0 Å². The van der Waals surface area contributed by atoms with Crippen molar-refractivity contribution < 1.29 is 37.6 Å². The van der Waals surface area contributed by atoms with Crippen LogP contribution in [0.25, 0.3) is 0 Å². The van der Waals surface area contributed by atoms with Crippen molar-refractivity contribution in [3.8, 4) is 23.0 Å². The first-order chi connectivity index (χ1) is 18.4. The van der Waals surface area contributed by atoms with E-state index in [0.717, 1.165) is 6.26 Å². The molecule has 11 nitrogen and oxygen atoms in total. The Hall–Kier alpha value is -4.00. The second kappa shape index (κ2) is 12.2. The molecule has 0 aromatic heterocycles. The SMILES string of the molecule is COc1ccc([C@](C)(NC[C@H](O)c2ccc(O)c(NS(C)(=O)=O)c2)C(=O)Nc2ccc(OC)c(OC)c2)cc1. The quantitative estimate of drug-likeness (QED) is 0.211. The summed E-state index contributed by atoms with van der Waals surface area (Å²) in [7, 11) is 0.890. The van der Waals surface area contributed by atoms with Crippen molar-refractivity contribution >= 4 is 27.3 Å². The first kappa shape index (κ1) is 29.6. The average molecular weight is 560 g/mol. The number of aliphatic hydroxyl groups is 1. The molecule has 39 heavy (non-hydrogen) atoms.